The van der Waals surface area contributed by atoms with Crippen molar-refractivity contribution < 1.29 is 0 Å². The van der Waals surface area contributed by atoms with E-state index in [1.54, 1.807) is 0 Å². The minimum absolute atomic E-state index is 0.199. The van der Waals surface area contributed by atoms with Gasteiger partial charge in [-0.25, -0.2) is 15.0 Å². The van der Waals surface area contributed by atoms with E-state index in [0.717, 1.165) is 106 Å². The normalized spacial score (nSPS) is 13.1. The summed E-state index contributed by atoms with van der Waals surface area (Å²) in [5, 5.41) is 4.79. The van der Waals surface area contributed by atoms with Crippen molar-refractivity contribution >= 4 is 43.6 Å². The lowest BCUT2D eigenvalue weighted by molar-refractivity contribution is 0.854. The molecule has 15 aromatic rings. The van der Waals surface area contributed by atoms with E-state index < -0.39 is 0 Å². The monoisotopic (exact) mass is 1140 g/mol. The molecule has 0 fully saturated rings. The predicted octanol–water partition coefficient (Wildman–Crippen LogP) is 21.9. The number of rotatable bonds is 11. The largest absolute Gasteiger partial charge is 0.309 e. The minimum Gasteiger partial charge on any atom is -0.309 e. The summed E-state index contributed by atoms with van der Waals surface area (Å²) in [5.74, 6) is 1.98. The molecule has 0 saturated heterocycles. The molecule has 1 aliphatic carbocycles. The summed E-state index contributed by atoms with van der Waals surface area (Å²) in [5.41, 5.74) is 25.6. The minimum atomic E-state index is 0.199. The SMILES string of the molecule is Cc1cc(C)c(-c2ccc3c(c2)c2ccc(-n4c5ccccc5c5ccccc54)cc2n3-c2c(-c3ccccc3)cc(-c3nc(-c4ccc(-c5ccccc5)cc4)nc(-c4cc(-c5ccccc5)cc(C5C=CC=CC5)c4)n3)cc2-c2ccccc2)c(C)c1. The maximum Gasteiger partial charge on any atom is 0.164 e. The van der Waals surface area contributed by atoms with Gasteiger partial charge in [0.2, 0.25) is 0 Å². The van der Waals surface area contributed by atoms with Crippen molar-refractivity contribution in [2.75, 3.05) is 0 Å². The maximum absolute atomic E-state index is 5.63. The van der Waals surface area contributed by atoms with Crippen LogP contribution in [0.3, 0.4) is 0 Å². The Morgan fingerprint density at radius 3 is 1.38 bits per heavy atom. The van der Waals surface area contributed by atoms with Crippen LogP contribution in [-0.2, 0) is 0 Å². The average molecular weight is 1140 g/mol. The molecule has 0 saturated carbocycles. The van der Waals surface area contributed by atoms with Crippen molar-refractivity contribution in [3.8, 4) is 101 Å². The van der Waals surface area contributed by atoms with Crippen LogP contribution < -0.4 is 0 Å². The number of nitrogens with zero attached hydrogens (tertiary/aromatic N) is 5. The topological polar surface area (TPSA) is 48.5 Å². The third-order valence-corrected chi connectivity index (χ3v) is 17.9. The summed E-state index contributed by atoms with van der Waals surface area (Å²) in [7, 11) is 0. The van der Waals surface area contributed by atoms with E-state index in [0.29, 0.717) is 17.5 Å². The second-order valence-electron chi connectivity index (χ2n) is 23.7. The molecule has 0 amide bonds. The quantitative estimate of drug-likeness (QED) is 0.130. The zero-order chi connectivity index (χ0) is 59.5. The van der Waals surface area contributed by atoms with E-state index in [-0.39, 0.29) is 5.92 Å². The van der Waals surface area contributed by atoms with Gasteiger partial charge in [-0.1, -0.05) is 242 Å². The number of fused-ring (bicyclic) bond motifs is 6. The molecule has 5 heteroatoms. The van der Waals surface area contributed by atoms with Gasteiger partial charge in [-0.3, -0.25) is 0 Å². The summed E-state index contributed by atoms with van der Waals surface area (Å²) in [6, 6.07) is 99.4. The zero-order valence-electron chi connectivity index (χ0n) is 49.8. The van der Waals surface area contributed by atoms with Crippen LogP contribution in [0.25, 0.3) is 145 Å². The van der Waals surface area contributed by atoms with Gasteiger partial charge in [0, 0.05) is 61.0 Å². The standard InChI is InChI=1S/C84H61N5/c1-54-45-55(2)80(56(3)46-54)64-41-44-78-75(50-64)72-43-42-69(88-76-35-21-19-33-70(76)71-34-20-22-36-77(71)88)53-79(72)89(78)81-73(61-29-15-7-16-30-61)51-68(52-74(81)62-31-17-8-18-32-62)84-86-82(63-39-37-60(38-40-63)57-23-9-4-10-24-57)85-83(87-84)67-48-65(58-25-11-5-12-26-58)47-66(49-67)59-27-13-6-14-28-59/h4-27,29-53,59H,28H2,1-3H3. The Morgan fingerprint density at radius 1 is 0.326 bits per heavy atom. The molecule has 5 nitrogen and oxygen atoms in total. The fourth-order valence-corrected chi connectivity index (χ4v) is 13.9. The molecular formula is C84H61N5. The van der Waals surface area contributed by atoms with Crippen molar-refractivity contribution in [3.05, 3.63) is 320 Å². The molecule has 0 N–H and O–H groups in total. The van der Waals surface area contributed by atoms with Crippen molar-refractivity contribution in [2.24, 2.45) is 0 Å². The van der Waals surface area contributed by atoms with E-state index >= 15 is 0 Å². The Labute approximate surface area is 518 Å². The van der Waals surface area contributed by atoms with Gasteiger partial charge >= 0.3 is 0 Å². The number of aromatic nitrogens is 5. The molecule has 0 bridgehead atoms. The van der Waals surface area contributed by atoms with E-state index in [9.17, 15) is 0 Å². The molecule has 422 valence electrons. The molecule has 3 aromatic heterocycles. The van der Waals surface area contributed by atoms with Crippen LogP contribution in [-0.4, -0.2) is 24.1 Å². The van der Waals surface area contributed by atoms with E-state index in [1.165, 1.54) is 49.5 Å². The lowest BCUT2D eigenvalue weighted by Gasteiger charge is -2.21. The lowest BCUT2D eigenvalue weighted by Crippen LogP contribution is -2.05. The smallest absolute Gasteiger partial charge is 0.164 e. The van der Waals surface area contributed by atoms with Crippen molar-refractivity contribution in [3.63, 3.8) is 0 Å². The Bertz CT molecular complexity index is 5150. The van der Waals surface area contributed by atoms with Crippen molar-refractivity contribution in [2.45, 2.75) is 33.1 Å². The van der Waals surface area contributed by atoms with E-state index in [4.69, 9.17) is 15.0 Å². The second-order valence-corrected chi connectivity index (χ2v) is 23.7. The Hall–Kier alpha value is -11.3. The number of hydrogen-bond donors (Lipinski definition) is 0. The highest BCUT2D eigenvalue weighted by Gasteiger charge is 2.26. The van der Waals surface area contributed by atoms with Gasteiger partial charge in [-0.15, -0.1) is 0 Å². The van der Waals surface area contributed by atoms with Gasteiger partial charge < -0.3 is 9.13 Å². The Balaban J connectivity index is 0.983. The summed E-state index contributed by atoms with van der Waals surface area (Å²) in [6.45, 7) is 6.67. The van der Waals surface area contributed by atoms with Crippen LogP contribution in [0.4, 0.5) is 0 Å². The van der Waals surface area contributed by atoms with E-state index in [2.05, 4.69) is 327 Å². The summed E-state index contributed by atoms with van der Waals surface area (Å²) in [4.78, 5) is 16.6. The Kier molecular flexibility index (Phi) is 13.3. The predicted molar refractivity (Wildman–Crippen MR) is 372 cm³/mol. The molecule has 1 atom stereocenters. The zero-order valence-corrected chi connectivity index (χ0v) is 49.8. The number of benzene rings is 12. The van der Waals surface area contributed by atoms with Crippen LogP contribution in [0.2, 0.25) is 0 Å². The summed E-state index contributed by atoms with van der Waals surface area (Å²) >= 11 is 0. The van der Waals surface area contributed by atoms with Crippen LogP contribution >= 0.6 is 0 Å². The van der Waals surface area contributed by atoms with Crippen LogP contribution in [0.5, 0.6) is 0 Å². The van der Waals surface area contributed by atoms with Gasteiger partial charge in [-0.2, -0.15) is 0 Å². The first kappa shape index (κ1) is 53.2. The molecule has 0 aliphatic heterocycles. The Morgan fingerprint density at radius 2 is 0.798 bits per heavy atom. The number of para-hydroxylation sites is 2. The highest BCUT2D eigenvalue weighted by atomic mass is 15.0. The second kappa shape index (κ2) is 22.2. The third kappa shape index (κ3) is 9.65. The highest BCUT2D eigenvalue weighted by Crippen LogP contribution is 2.46. The number of hydrogen-bond acceptors (Lipinski definition) is 3. The molecule has 0 spiro atoms. The molecule has 12 aromatic carbocycles. The molecule has 0 radical (unpaired) electrons. The fourth-order valence-electron chi connectivity index (χ4n) is 13.9. The molecule has 16 rings (SSSR count). The molecular weight excluding hydrogens is 1080 g/mol. The lowest BCUT2D eigenvalue weighted by atomic mass is 9.88. The van der Waals surface area contributed by atoms with Gasteiger partial charge in [0.1, 0.15) is 0 Å². The van der Waals surface area contributed by atoms with Crippen molar-refractivity contribution in [1.82, 2.24) is 24.1 Å². The molecule has 89 heavy (non-hydrogen) atoms. The van der Waals surface area contributed by atoms with Crippen LogP contribution in [0.1, 0.15) is 34.6 Å². The number of aryl methyl sites for hydroxylation is 3. The maximum atomic E-state index is 5.63. The van der Waals surface area contributed by atoms with E-state index in [1.807, 2.05) is 0 Å². The van der Waals surface area contributed by atoms with Crippen LogP contribution in [0, 0.1) is 20.8 Å². The molecule has 1 unspecified atom stereocenters. The van der Waals surface area contributed by atoms with Gasteiger partial charge in [0.25, 0.3) is 0 Å². The first-order valence-electron chi connectivity index (χ1n) is 30.8. The number of allylic oxidation sites excluding steroid dienone is 4. The average Bonchev–Trinajstić information content (AvgIpc) is 1.69. The van der Waals surface area contributed by atoms with Gasteiger partial charge in [0.05, 0.1) is 27.8 Å². The first-order chi connectivity index (χ1) is 43.8. The highest BCUT2D eigenvalue weighted by molar-refractivity contribution is 6.14. The van der Waals surface area contributed by atoms with Crippen LogP contribution in [0.15, 0.2) is 297 Å². The summed E-state index contributed by atoms with van der Waals surface area (Å²) in [6.07, 6.45) is 9.77. The first-order valence-corrected chi connectivity index (χ1v) is 30.8. The summed E-state index contributed by atoms with van der Waals surface area (Å²) < 4.78 is 4.97. The van der Waals surface area contributed by atoms with Crippen molar-refractivity contribution in [1.29, 1.82) is 0 Å². The van der Waals surface area contributed by atoms with Gasteiger partial charge in [-0.05, 0) is 149 Å². The van der Waals surface area contributed by atoms with Gasteiger partial charge in [0.15, 0.2) is 17.5 Å². The molecule has 3 heterocycles. The fraction of sp³-hybridized carbons (Fsp3) is 0.0595. The molecule has 1 aliphatic rings. The third-order valence-electron chi connectivity index (χ3n) is 17.9.